The number of pyridine rings is 1. The Labute approximate surface area is 216 Å². The van der Waals surface area contributed by atoms with Gasteiger partial charge in [-0.05, 0) is 32.4 Å². The number of benzene rings is 1. The van der Waals surface area contributed by atoms with Gasteiger partial charge in [0.25, 0.3) is 17.7 Å². The summed E-state index contributed by atoms with van der Waals surface area (Å²) in [6, 6.07) is 5.87. The smallest absolute Gasteiger partial charge is 0.491 e. The van der Waals surface area contributed by atoms with E-state index in [1.54, 1.807) is 4.68 Å². The zero-order valence-electron chi connectivity index (χ0n) is 21.1. The normalized spacial score (nSPS) is 15.2. The maximum absolute atomic E-state index is 13.5. The zero-order valence-corrected chi connectivity index (χ0v) is 21.1. The topological polar surface area (TPSA) is 108 Å². The van der Waals surface area contributed by atoms with Gasteiger partial charge in [-0.1, -0.05) is 12.1 Å². The summed E-state index contributed by atoms with van der Waals surface area (Å²) in [6.07, 6.45) is -1.77. The SMILES string of the molecule is COc1cc(C(=O)N2CC[C@H](NC(=O)c3ccccc3OC(F)(F)F)c3c2cnn3C(C)C)cnc1OC. The van der Waals surface area contributed by atoms with Crippen molar-refractivity contribution >= 4 is 17.5 Å². The van der Waals surface area contributed by atoms with Crippen LogP contribution in [0.3, 0.4) is 0 Å². The molecule has 1 aliphatic rings. The number of ether oxygens (including phenoxy) is 3. The maximum atomic E-state index is 13.5. The van der Waals surface area contributed by atoms with Gasteiger partial charge in [0.15, 0.2) is 5.75 Å². The van der Waals surface area contributed by atoms with E-state index in [4.69, 9.17) is 9.47 Å². The minimum atomic E-state index is -4.95. The Morgan fingerprint density at radius 2 is 1.84 bits per heavy atom. The van der Waals surface area contributed by atoms with E-state index in [-0.39, 0.29) is 41.9 Å². The lowest BCUT2D eigenvalue weighted by Gasteiger charge is -2.33. The first-order chi connectivity index (χ1) is 18.0. The summed E-state index contributed by atoms with van der Waals surface area (Å²) in [6.45, 7) is 3.98. The lowest BCUT2D eigenvalue weighted by atomic mass is 10.0. The van der Waals surface area contributed by atoms with E-state index >= 15 is 0 Å². The number of nitrogens with zero attached hydrogens (tertiary/aromatic N) is 4. The van der Waals surface area contributed by atoms with Gasteiger partial charge in [0.05, 0.1) is 49.0 Å². The quantitative estimate of drug-likeness (QED) is 0.483. The number of anilines is 1. The molecule has 13 heteroatoms. The van der Waals surface area contributed by atoms with E-state index in [1.165, 1.54) is 55.8 Å². The first-order valence-electron chi connectivity index (χ1n) is 11.7. The molecule has 38 heavy (non-hydrogen) atoms. The summed E-state index contributed by atoms with van der Waals surface area (Å²) in [5.74, 6) is -1.20. The number of halogens is 3. The van der Waals surface area contributed by atoms with Crippen LogP contribution in [0, 0.1) is 0 Å². The molecule has 0 aliphatic carbocycles. The first-order valence-corrected chi connectivity index (χ1v) is 11.7. The van der Waals surface area contributed by atoms with Gasteiger partial charge in [-0.25, -0.2) is 4.98 Å². The number of aromatic nitrogens is 3. The van der Waals surface area contributed by atoms with Crippen LogP contribution >= 0.6 is 0 Å². The molecule has 0 bridgehead atoms. The van der Waals surface area contributed by atoms with Crippen molar-refractivity contribution in [3.05, 3.63) is 59.5 Å². The number of para-hydroxylation sites is 1. The average Bonchev–Trinajstić information content (AvgIpc) is 3.33. The van der Waals surface area contributed by atoms with E-state index < -0.39 is 24.1 Å². The summed E-state index contributed by atoms with van der Waals surface area (Å²) >= 11 is 0. The monoisotopic (exact) mass is 533 g/mol. The number of rotatable bonds is 7. The largest absolute Gasteiger partial charge is 0.573 e. The highest BCUT2D eigenvalue weighted by atomic mass is 19.4. The first kappa shape index (κ1) is 26.8. The molecule has 0 spiro atoms. The van der Waals surface area contributed by atoms with Crippen LogP contribution in [0.4, 0.5) is 18.9 Å². The molecule has 1 atom stereocenters. The second-order valence-electron chi connectivity index (χ2n) is 8.70. The molecule has 0 radical (unpaired) electrons. The van der Waals surface area contributed by atoms with Crippen LogP contribution in [-0.2, 0) is 0 Å². The fourth-order valence-electron chi connectivity index (χ4n) is 4.30. The van der Waals surface area contributed by atoms with E-state index in [1.807, 2.05) is 13.8 Å². The Morgan fingerprint density at radius 1 is 1.11 bits per heavy atom. The molecular formula is C25H26F3N5O5. The minimum Gasteiger partial charge on any atom is -0.491 e. The molecule has 4 rings (SSSR count). The van der Waals surface area contributed by atoms with Gasteiger partial charge in [0.2, 0.25) is 0 Å². The highest BCUT2D eigenvalue weighted by Gasteiger charge is 2.36. The van der Waals surface area contributed by atoms with Gasteiger partial charge in [0.1, 0.15) is 5.75 Å². The Morgan fingerprint density at radius 3 is 2.50 bits per heavy atom. The van der Waals surface area contributed by atoms with Crippen LogP contribution in [-0.4, -0.2) is 53.7 Å². The third kappa shape index (κ3) is 5.36. The summed E-state index contributed by atoms with van der Waals surface area (Å²) in [5.41, 5.74) is 1.01. The standard InChI is InChI=1S/C25H26F3N5O5/c1-14(2)33-21-17(31-22(34)16-7-5-6-8-19(16)38-25(26,27)28)9-10-32(18(21)13-30-33)24(35)15-11-20(36-3)23(37-4)29-12-15/h5-8,11-14,17H,9-10H2,1-4H3,(H,31,34)/t17-/m0/s1. The third-order valence-electron chi connectivity index (χ3n) is 5.95. The molecule has 3 heterocycles. The minimum absolute atomic E-state index is 0.128. The molecule has 0 saturated carbocycles. The van der Waals surface area contributed by atoms with E-state index in [0.29, 0.717) is 17.1 Å². The van der Waals surface area contributed by atoms with Crippen molar-refractivity contribution in [2.24, 2.45) is 0 Å². The fourth-order valence-corrected chi connectivity index (χ4v) is 4.30. The Bertz CT molecular complexity index is 1340. The fraction of sp³-hybridized carbons (Fsp3) is 0.360. The van der Waals surface area contributed by atoms with Crippen molar-refractivity contribution in [3.63, 3.8) is 0 Å². The van der Waals surface area contributed by atoms with Crippen LogP contribution in [0.1, 0.15) is 58.8 Å². The van der Waals surface area contributed by atoms with Crippen molar-refractivity contribution in [1.82, 2.24) is 20.1 Å². The summed E-state index contributed by atoms with van der Waals surface area (Å²) in [4.78, 5) is 32.2. The van der Waals surface area contributed by atoms with E-state index in [9.17, 15) is 22.8 Å². The lowest BCUT2D eigenvalue weighted by Crippen LogP contribution is -2.42. The summed E-state index contributed by atoms with van der Waals surface area (Å²) in [7, 11) is 2.87. The van der Waals surface area contributed by atoms with Gasteiger partial charge in [-0.3, -0.25) is 14.3 Å². The van der Waals surface area contributed by atoms with Crippen LogP contribution in [0.25, 0.3) is 0 Å². The van der Waals surface area contributed by atoms with Gasteiger partial charge in [-0.2, -0.15) is 5.10 Å². The Hall–Kier alpha value is -4.29. The molecule has 2 aromatic heterocycles. The second-order valence-corrected chi connectivity index (χ2v) is 8.70. The number of fused-ring (bicyclic) bond motifs is 1. The summed E-state index contributed by atoms with van der Waals surface area (Å²) in [5, 5.41) is 7.22. The van der Waals surface area contributed by atoms with Crippen molar-refractivity contribution < 1.29 is 37.0 Å². The number of carbonyl (C=O) groups excluding carboxylic acids is 2. The zero-order chi connectivity index (χ0) is 27.6. The molecule has 0 fully saturated rings. The molecule has 202 valence electrons. The maximum Gasteiger partial charge on any atom is 0.573 e. The molecule has 10 nitrogen and oxygen atoms in total. The van der Waals surface area contributed by atoms with Crippen molar-refractivity contribution in [2.75, 3.05) is 25.7 Å². The number of carbonyl (C=O) groups is 2. The number of methoxy groups -OCH3 is 2. The van der Waals surface area contributed by atoms with Gasteiger partial charge < -0.3 is 24.4 Å². The van der Waals surface area contributed by atoms with Crippen LogP contribution in [0.15, 0.2) is 42.7 Å². The van der Waals surface area contributed by atoms with Gasteiger partial charge in [0, 0.05) is 24.8 Å². The van der Waals surface area contributed by atoms with Gasteiger partial charge >= 0.3 is 6.36 Å². The van der Waals surface area contributed by atoms with Crippen molar-refractivity contribution in [3.8, 4) is 17.4 Å². The molecule has 0 saturated heterocycles. The Balaban J connectivity index is 1.65. The lowest BCUT2D eigenvalue weighted by molar-refractivity contribution is -0.274. The Kier molecular flexibility index (Phi) is 7.46. The highest BCUT2D eigenvalue weighted by molar-refractivity contribution is 6.07. The van der Waals surface area contributed by atoms with E-state index in [2.05, 4.69) is 20.1 Å². The van der Waals surface area contributed by atoms with Crippen molar-refractivity contribution in [1.29, 1.82) is 0 Å². The number of hydrogen-bond acceptors (Lipinski definition) is 7. The third-order valence-corrected chi connectivity index (χ3v) is 5.95. The molecule has 3 aromatic rings. The number of amides is 2. The number of nitrogens with one attached hydrogen (secondary N) is 1. The molecule has 1 N–H and O–H groups in total. The molecular weight excluding hydrogens is 507 g/mol. The van der Waals surface area contributed by atoms with Crippen molar-refractivity contribution in [2.45, 2.75) is 38.7 Å². The van der Waals surface area contributed by atoms with E-state index in [0.717, 1.165) is 6.07 Å². The number of alkyl halides is 3. The summed E-state index contributed by atoms with van der Waals surface area (Å²) < 4.78 is 54.7. The number of hydrogen-bond donors (Lipinski definition) is 1. The van der Waals surface area contributed by atoms with Crippen LogP contribution in [0.2, 0.25) is 0 Å². The van der Waals surface area contributed by atoms with Crippen LogP contribution in [0.5, 0.6) is 17.4 Å². The molecule has 0 unspecified atom stereocenters. The van der Waals surface area contributed by atoms with Crippen LogP contribution < -0.4 is 24.4 Å². The second kappa shape index (κ2) is 10.6. The predicted molar refractivity (Wildman–Crippen MR) is 130 cm³/mol. The van der Waals surface area contributed by atoms with Gasteiger partial charge in [-0.15, -0.1) is 13.2 Å². The molecule has 2 amide bonds. The molecule has 1 aromatic carbocycles. The average molecular weight is 534 g/mol. The highest BCUT2D eigenvalue weighted by Crippen LogP contribution is 2.37. The predicted octanol–water partition coefficient (Wildman–Crippen LogP) is 4.30. The molecule has 1 aliphatic heterocycles.